The number of likely N-dealkylation sites (N-methyl/N-ethyl adjacent to an activating group) is 1. The highest BCUT2D eigenvalue weighted by molar-refractivity contribution is 7.12. The molecule has 152 valence electrons. The van der Waals surface area contributed by atoms with Crippen molar-refractivity contribution in [3.63, 3.8) is 0 Å². The number of benzene rings is 2. The van der Waals surface area contributed by atoms with Gasteiger partial charge in [-0.25, -0.2) is 4.98 Å². The van der Waals surface area contributed by atoms with E-state index in [1.807, 2.05) is 48.1 Å². The van der Waals surface area contributed by atoms with E-state index >= 15 is 0 Å². The minimum Gasteiger partial charge on any atom is -0.350 e. The van der Waals surface area contributed by atoms with E-state index in [1.54, 1.807) is 13.1 Å². The third-order valence-electron chi connectivity index (χ3n) is 4.82. The van der Waals surface area contributed by atoms with Crippen LogP contribution in [0.1, 0.15) is 20.8 Å². The topological polar surface area (TPSA) is 67.2 Å². The quantitative estimate of drug-likeness (QED) is 0.499. The van der Waals surface area contributed by atoms with Crippen molar-refractivity contribution in [3.05, 3.63) is 88.4 Å². The summed E-state index contributed by atoms with van der Waals surface area (Å²) in [4.78, 5) is 31.0. The van der Waals surface area contributed by atoms with Crippen LogP contribution in [-0.2, 0) is 17.9 Å². The number of para-hydroxylation sites is 2. The molecule has 6 nitrogen and oxygen atoms in total. The maximum atomic E-state index is 12.3. The standard InChI is InChI=1S/C23H22N4O2S/c1-26(23(29)21-10-5-11-30-21)15-22(28)24-13-17-6-4-7-18(12-17)14-27-16-25-19-8-2-3-9-20(19)27/h2-12,16H,13-15H2,1H3,(H,24,28). The number of carbonyl (C=O) groups excluding carboxylic acids is 2. The van der Waals surface area contributed by atoms with Crippen LogP contribution in [-0.4, -0.2) is 39.9 Å². The molecule has 0 saturated carbocycles. The van der Waals surface area contributed by atoms with Crippen LogP contribution in [0.25, 0.3) is 11.0 Å². The van der Waals surface area contributed by atoms with Gasteiger partial charge in [0.2, 0.25) is 5.91 Å². The van der Waals surface area contributed by atoms with E-state index in [0.29, 0.717) is 18.0 Å². The molecule has 0 aliphatic carbocycles. The molecule has 7 heteroatoms. The van der Waals surface area contributed by atoms with Gasteiger partial charge in [-0.15, -0.1) is 11.3 Å². The molecule has 0 saturated heterocycles. The van der Waals surface area contributed by atoms with Crippen LogP contribution in [0.2, 0.25) is 0 Å². The fraction of sp³-hybridized carbons (Fsp3) is 0.174. The average Bonchev–Trinajstić information content (AvgIpc) is 3.43. The number of imidazole rings is 1. The summed E-state index contributed by atoms with van der Waals surface area (Å²) in [7, 11) is 1.64. The fourth-order valence-electron chi connectivity index (χ4n) is 3.30. The van der Waals surface area contributed by atoms with Crippen LogP contribution >= 0.6 is 11.3 Å². The Labute approximate surface area is 178 Å². The summed E-state index contributed by atoms with van der Waals surface area (Å²) in [6.45, 7) is 1.15. The normalized spacial score (nSPS) is 10.8. The monoisotopic (exact) mass is 418 g/mol. The third kappa shape index (κ3) is 4.58. The lowest BCUT2D eigenvalue weighted by molar-refractivity contribution is -0.121. The highest BCUT2D eigenvalue weighted by Crippen LogP contribution is 2.15. The Balaban J connectivity index is 1.34. The molecule has 2 aromatic carbocycles. The van der Waals surface area contributed by atoms with Crippen molar-refractivity contribution in [2.45, 2.75) is 13.1 Å². The van der Waals surface area contributed by atoms with Crippen LogP contribution in [0.15, 0.2) is 72.4 Å². The molecule has 0 fully saturated rings. The number of carbonyl (C=O) groups is 2. The van der Waals surface area contributed by atoms with Crippen LogP contribution in [0.3, 0.4) is 0 Å². The molecule has 30 heavy (non-hydrogen) atoms. The van der Waals surface area contributed by atoms with E-state index in [-0.39, 0.29) is 18.4 Å². The number of rotatable bonds is 7. The van der Waals surface area contributed by atoms with E-state index in [1.165, 1.54) is 16.2 Å². The molecule has 2 heterocycles. The van der Waals surface area contributed by atoms with Gasteiger partial charge in [0.15, 0.2) is 0 Å². The Morgan fingerprint density at radius 1 is 1.07 bits per heavy atom. The molecule has 1 N–H and O–H groups in total. The smallest absolute Gasteiger partial charge is 0.264 e. The first kappa shape index (κ1) is 19.8. The molecular formula is C23H22N4O2S. The van der Waals surface area contributed by atoms with Crippen LogP contribution in [0, 0.1) is 0 Å². The molecule has 0 unspecified atom stereocenters. The van der Waals surface area contributed by atoms with E-state index in [0.717, 1.165) is 22.2 Å². The number of hydrogen-bond acceptors (Lipinski definition) is 4. The summed E-state index contributed by atoms with van der Waals surface area (Å²) in [5, 5.41) is 4.75. The van der Waals surface area contributed by atoms with Gasteiger partial charge in [0.25, 0.3) is 5.91 Å². The van der Waals surface area contributed by atoms with Gasteiger partial charge in [0.1, 0.15) is 0 Å². The zero-order valence-corrected chi connectivity index (χ0v) is 17.4. The molecule has 0 atom stereocenters. The predicted octanol–water partition coefficient (Wildman–Crippen LogP) is 3.53. The third-order valence-corrected chi connectivity index (χ3v) is 5.68. The lowest BCUT2D eigenvalue weighted by Gasteiger charge is -2.16. The predicted molar refractivity (Wildman–Crippen MR) is 118 cm³/mol. The van der Waals surface area contributed by atoms with Crippen LogP contribution < -0.4 is 5.32 Å². The Hall–Kier alpha value is -3.45. The number of amides is 2. The first-order valence-corrected chi connectivity index (χ1v) is 10.5. The van der Waals surface area contributed by atoms with Crippen molar-refractivity contribution >= 4 is 34.2 Å². The van der Waals surface area contributed by atoms with Gasteiger partial charge in [0.05, 0.1) is 28.8 Å². The molecule has 4 rings (SSSR count). The van der Waals surface area contributed by atoms with E-state index in [9.17, 15) is 9.59 Å². The second-order valence-electron chi connectivity index (χ2n) is 7.10. The van der Waals surface area contributed by atoms with E-state index in [4.69, 9.17) is 0 Å². The summed E-state index contributed by atoms with van der Waals surface area (Å²) < 4.78 is 2.11. The summed E-state index contributed by atoms with van der Waals surface area (Å²) in [5.74, 6) is -0.330. The second-order valence-corrected chi connectivity index (χ2v) is 8.04. The van der Waals surface area contributed by atoms with Gasteiger partial charge < -0.3 is 14.8 Å². The van der Waals surface area contributed by atoms with Gasteiger partial charge in [-0.2, -0.15) is 0 Å². The van der Waals surface area contributed by atoms with Crippen molar-refractivity contribution in [3.8, 4) is 0 Å². The minimum absolute atomic E-state index is 0.0252. The number of aromatic nitrogens is 2. The molecule has 0 aliphatic heterocycles. The van der Waals surface area contributed by atoms with Gasteiger partial charge >= 0.3 is 0 Å². The largest absolute Gasteiger partial charge is 0.350 e. The molecule has 2 aromatic heterocycles. The second kappa shape index (κ2) is 8.92. The molecule has 0 radical (unpaired) electrons. The molecule has 0 aliphatic rings. The van der Waals surface area contributed by atoms with Gasteiger partial charge in [-0.05, 0) is 34.7 Å². The van der Waals surface area contributed by atoms with Gasteiger partial charge in [0, 0.05) is 20.1 Å². The summed E-state index contributed by atoms with van der Waals surface area (Å²) in [6, 6.07) is 19.7. The van der Waals surface area contributed by atoms with Crippen LogP contribution in [0.5, 0.6) is 0 Å². The highest BCUT2D eigenvalue weighted by atomic mass is 32.1. The number of nitrogens with one attached hydrogen (secondary N) is 1. The lowest BCUT2D eigenvalue weighted by Crippen LogP contribution is -2.37. The molecular weight excluding hydrogens is 396 g/mol. The lowest BCUT2D eigenvalue weighted by atomic mass is 10.1. The summed E-state index contributed by atoms with van der Waals surface area (Å²) in [5.41, 5.74) is 4.21. The Bertz CT molecular complexity index is 1170. The maximum Gasteiger partial charge on any atom is 0.264 e. The maximum absolute atomic E-state index is 12.3. The van der Waals surface area contributed by atoms with Crippen molar-refractivity contribution in [1.29, 1.82) is 0 Å². The first-order valence-electron chi connectivity index (χ1n) is 9.63. The zero-order valence-electron chi connectivity index (χ0n) is 16.6. The van der Waals surface area contributed by atoms with Crippen molar-refractivity contribution < 1.29 is 9.59 Å². The SMILES string of the molecule is CN(CC(=O)NCc1cccc(Cn2cnc3ccccc32)c1)C(=O)c1cccs1. The Kier molecular flexibility index (Phi) is 5.90. The number of hydrogen-bond donors (Lipinski definition) is 1. The number of fused-ring (bicyclic) bond motifs is 1. The summed E-state index contributed by atoms with van der Waals surface area (Å²) in [6.07, 6.45) is 1.85. The minimum atomic E-state index is -0.187. The van der Waals surface area contributed by atoms with E-state index < -0.39 is 0 Å². The molecule has 0 bridgehead atoms. The molecule has 2 amide bonds. The Morgan fingerprint density at radius 3 is 2.73 bits per heavy atom. The highest BCUT2D eigenvalue weighted by Gasteiger charge is 2.15. The fourth-order valence-corrected chi connectivity index (χ4v) is 4.02. The number of nitrogens with zero attached hydrogens (tertiary/aromatic N) is 3. The van der Waals surface area contributed by atoms with Gasteiger partial charge in [-0.1, -0.05) is 42.5 Å². The van der Waals surface area contributed by atoms with E-state index in [2.05, 4.69) is 33.1 Å². The average molecular weight is 419 g/mol. The zero-order chi connectivity index (χ0) is 20.9. The first-order chi connectivity index (χ1) is 14.6. The van der Waals surface area contributed by atoms with Crippen molar-refractivity contribution in [2.75, 3.05) is 13.6 Å². The van der Waals surface area contributed by atoms with Crippen molar-refractivity contribution in [2.24, 2.45) is 0 Å². The van der Waals surface area contributed by atoms with Crippen LogP contribution in [0.4, 0.5) is 0 Å². The Morgan fingerprint density at radius 2 is 1.90 bits per heavy atom. The summed E-state index contributed by atoms with van der Waals surface area (Å²) >= 11 is 1.37. The number of thiophene rings is 1. The van der Waals surface area contributed by atoms with Crippen molar-refractivity contribution in [1.82, 2.24) is 19.8 Å². The molecule has 0 spiro atoms. The molecule has 4 aromatic rings. The van der Waals surface area contributed by atoms with Gasteiger partial charge in [-0.3, -0.25) is 9.59 Å².